The second-order valence-electron chi connectivity index (χ2n) is 5.75. The zero-order valence-electron chi connectivity index (χ0n) is 13.6. The van der Waals surface area contributed by atoms with Crippen LogP contribution in [0.2, 0.25) is 0 Å². The van der Waals surface area contributed by atoms with E-state index < -0.39 is 23.8 Å². The number of carbonyl (C=O) groups excluding carboxylic acids is 3. The molecule has 5 heteroatoms. The zero-order valence-corrected chi connectivity index (χ0v) is 13.6. The first-order valence-electron chi connectivity index (χ1n) is 7.89. The van der Waals surface area contributed by atoms with E-state index in [-0.39, 0.29) is 0 Å². The third-order valence-electron chi connectivity index (χ3n) is 4.19. The topological polar surface area (TPSA) is 66.5 Å². The Morgan fingerprint density at radius 3 is 2.25 bits per heavy atom. The minimum Gasteiger partial charge on any atom is -0.324 e. The van der Waals surface area contributed by atoms with Crippen molar-refractivity contribution in [2.24, 2.45) is 0 Å². The summed E-state index contributed by atoms with van der Waals surface area (Å²) in [7, 11) is 0. The normalized spacial score (nSPS) is 14.5. The van der Waals surface area contributed by atoms with Crippen LogP contribution in [0.3, 0.4) is 0 Å². The van der Waals surface area contributed by atoms with E-state index in [0.717, 1.165) is 16.9 Å². The molecule has 0 aromatic heterocycles. The summed E-state index contributed by atoms with van der Waals surface area (Å²) in [4.78, 5) is 38.4. The van der Waals surface area contributed by atoms with Crippen LogP contribution in [0.25, 0.3) is 0 Å². The van der Waals surface area contributed by atoms with Crippen molar-refractivity contribution in [3.63, 3.8) is 0 Å². The summed E-state index contributed by atoms with van der Waals surface area (Å²) in [6.45, 7) is 3.59. The lowest BCUT2D eigenvalue weighted by atomic mass is 10.1. The van der Waals surface area contributed by atoms with E-state index >= 15 is 0 Å². The zero-order chi connectivity index (χ0) is 17.3. The number of rotatable bonds is 4. The molecule has 1 aliphatic rings. The smallest absolute Gasteiger partial charge is 0.262 e. The van der Waals surface area contributed by atoms with Crippen molar-refractivity contribution in [3.05, 3.63) is 65.2 Å². The highest BCUT2D eigenvalue weighted by Gasteiger charge is 2.40. The van der Waals surface area contributed by atoms with Crippen molar-refractivity contribution in [2.75, 3.05) is 5.32 Å². The molecule has 5 nitrogen and oxygen atoms in total. The minimum absolute atomic E-state index is 0.343. The Hall–Kier alpha value is -2.95. The van der Waals surface area contributed by atoms with Crippen LogP contribution in [-0.2, 0) is 11.2 Å². The molecule has 0 spiro atoms. The van der Waals surface area contributed by atoms with Gasteiger partial charge in [-0.25, -0.2) is 0 Å². The van der Waals surface area contributed by atoms with E-state index in [1.165, 1.54) is 0 Å². The number of hydrogen-bond acceptors (Lipinski definition) is 3. The van der Waals surface area contributed by atoms with Gasteiger partial charge >= 0.3 is 0 Å². The molecule has 1 atom stereocenters. The van der Waals surface area contributed by atoms with Gasteiger partial charge in [-0.05, 0) is 43.2 Å². The number of hydrogen-bond donors (Lipinski definition) is 1. The largest absolute Gasteiger partial charge is 0.324 e. The van der Waals surface area contributed by atoms with Gasteiger partial charge in [0.1, 0.15) is 6.04 Å². The van der Waals surface area contributed by atoms with Crippen LogP contribution in [0, 0.1) is 0 Å². The molecule has 122 valence electrons. The van der Waals surface area contributed by atoms with Gasteiger partial charge in [0.05, 0.1) is 11.1 Å². The summed E-state index contributed by atoms with van der Waals surface area (Å²) in [5.41, 5.74) is 2.44. The first-order valence-corrected chi connectivity index (χ1v) is 7.89. The molecule has 0 fully saturated rings. The van der Waals surface area contributed by atoms with Gasteiger partial charge in [-0.2, -0.15) is 0 Å². The van der Waals surface area contributed by atoms with Crippen LogP contribution in [0.5, 0.6) is 0 Å². The molecule has 24 heavy (non-hydrogen) atoms. The molecule has 0 aliphatic carbocycles. The highest BCUT2D eigenvalue weighted by molar-refractivity contribution is 6.23. The Morgan fingerprint density at radius 2 is 1.67 bits per heavy atom. The molecule has 2 aromatic rings. The number of fused-ring (bicyclic) bond motifs is 1. The van der Waals surface area contributed by atoms with Gasteiger partial charge in [-0.1, -0.05) is 31.2 Å². The van der Waals surface area contributed by atoms with Crippen molar-refractivity contribution >= 4 is 23.4 Å². The van der Waals surface area contributed by atoms with Crippen molar-refractivity contribution in [1.82, 2.24) is 4.90 Å². The quantitative estimate of drug-likeness (QED) is 0.880. The summed E-state index contributed by atoms with van der Waals surface area (Å²) in [6, 6.07) is 13.2. The van der Waals surface area contributed by atoms with Crippen LogP contribution in [0.4, 0.5) is 5.69 Å². The third kappa shape index (κ3) is 2.69. The summed E-state index contributed by atoms with van der Waals surface area (Å²) in [6.07, 6.45) is 0.859. The van der Waals surface area contributed by atoms with E-state index in [2.05, 4.69) is 5.32 Å². The standard InChI is InChI=1S/C19H18N2O3/c1-3-13-7-6-8-14(11-13)20-17(22)12(2)21-18(23)15-9-4-5-10-16(15)19(21)24/h4-12H,3H2,1-2H3,(H,20,22). The van der Waals surface area contributed by atoms with E-state index in [4.69, 9.17) is 0 Å². The van der Waals surface area contributed by atoms with Gasteiger partial charge in [0, 0.05) is 5.69 Å². The monoisotopic (exact) mass is 322 g/mol. The second-order valence-corrected chi connectivity index (χ2v) is 5.75. The Morgan fingerprint density at radius 1 is 1.04 bits per heavy atom. The van der Waals surface area contributed by atoms with E-state index in [1.54, 1.807) is 37.3 Å². The van der Waals surface area contributed by atoms with E-state index in [0.29, 0.717) is 16.8 Å². The lowest BCUT2D eigenvalue weighted by Crippen LogP contribution is -2.45. The molecule has 1 N–H and O–H groups in total. The summed E-state index contributed by atoms with van der Waals surface area (Å²) < 4.78 is 0. The SMILES string of the molecule is CCc1cccc(NC(=O)C(C)N2C(=O)c3ccccc3C2=O)c1. The minimum atomic E-state index is -0.886. The molecular weight excluding hydrogens is 304 g/mol. The number of amides is 3. The number of imide groups is 1. The maximum atomic E-state index is 12.5. The van der Waals surface area contributed by atoms with Crippen LogP contribution in [0.1, 0.15) is 40.1 Å². The lowest BCUT2D eigenvalue weighted by molar-refractivity contribution is -0.119. The predicted molar refractivity (Wildman–Crippen MR) is 90.9 cm³/mol. The van der Waals surface area contributed by atoms with Crippen LogP contribution >= 0.6 is 0 Å². The lowest BCUT2D eigenvalue weighted by Gasteiger charge is -2.21. The van der Waals surface area contributed by atoms with E-state index in [1.807, 2.05) is 25.1 Å². The molecule has 0 bridgehead atoms. The van der Waals surface area contributed by atoms with Crippen molar-refractivity contribution in [1.29, 1.82) is 0 Å². The Labute approximate surface area is 140 Å². The number of benzene rings is 2. The number of nitrogens with one attached hydrogen (secondary N) is 1. The van der Waals surface area contributed by atoms with Crippen LogP contribution in [-0.4, -0.2) is 28.7 Å². The fraction of sp³-hybridized carbons (Fsp3) is 0.211. The van der Waals surface area contributed by atoms with Gasteiger partial charge in [-0.3, -0.25) is 19.3 Å². The number of nitrogens with zero attached hydrogens (tertiary/aromatic N) is 1. The average Bonchev–Trinajstić information content (AvgIpc) is 2.86. The molecule has 1 heterocycles. The van der Waals surface area contributed by atoms with Crippen molar-refractivity contribution in [2.45, 2.75) is 26.3 Å². The fourth-order valence-electron chi connectivity index (χ4n) is 2.79. The molecule has 3 rings (SSSR count). The molecule has 0 saturated heterocycles. The molecule has 1 aliphatic heterocycles. The number of aryl methyl sites for hydroxylation is 1. The van der Waals surface area contributed by atoms with E-state index in [9.17, 15) is 14.4 Å². The highest BCUT2D eigenvalue weighted by Crippen LogP contribution is 2.25. The summed E-state index contributed by atoms with van der Waals surface area (Å²) >= 11 is 0. The van der Waals surface area contributed by atoms with Gasteiger partial charge < -0.3 is 5.32 Å². The summed E-state index contributed by atoms with van der Waals surface area (Å²) in [5.74, 6) is -1.25. The van der Waals surface area contributed by atoms with Crippen LogP contribution < -0.4 is 5.32 Å². The van der Waals surface area contributed by atoms with Crippen molar-refractivity contribution < 1.29 is 14.4 Å². The Balaban J connectivity index is 1.79. The summed E-state index contributed by atoms with van der Waals surface area (Å²) in [5, 5.41) is 2.78. The highest BCUT2D eigenvalue weighted by atomic mass is 16.2. The first-order chi connectivity index (χ1) is 11.5. The van der Waals surface area contributed by atoms with Gasteiger partial charge in [-0.15, -0.1) is 0 Å². The molecule has 2 aromatic carbocycles. The number of carbonyl (C=O) groups is 3. The van der Waals surface area contributed by atoms with Crippen LogP contribution in [0.15, 0.2) is 48.5 Å². The maximum absolute atomic E-state index is 12.5. The maximum Gasteiger partial charge on any atom is 0.262 e. The van der Waals surface area contributed by atoms with Gasteiger partial charge in [0.25, 0.3) is 11.8 Å². The predicted octanol–water partition coefficient (Wildman–Crippen LogP) is 2.87. The molecule has 1 unspecified atom stereocenters. The molecule has 0 radical (unpaired) electrons. The Kier molecular flexibility index (Phi) is 4.16. The van der Waals surface area contributed by atoms with Gasteiger partial charge in [0.15, 0.2) is 0 Å². The fourth-order valence-corrected chi connectivity index (χ4v) is 2.79. The Bertz CT molecular complexity index is 794. The second kappa shape index (κ2) is 6.28. The molecular formula is C19H18N2O3. The average molecular weight is 322 g/mol. The first kappa shape index (κ1) is 15.9. The van der Waals surface area contributed by atoms with Crippen molar-refractivity contribution in [3.8, 4) is 0 Å². The number of anilines is 1. The molecule has 3 amide bonds. The third-order valence-corrected chi connectivity index (χ3v) is 4.19. The molecule has 0 saturated carbocycles. The van der Waals surface area contributed by atoms with Gasteiger partial charge in [0.2, 0.25) is 5.91 Å².